The van der Waals surface area contributed by atoms with E-state index in [2.05, 4.69) is 5.32 Å². The summed E-state index contributed by atoms with van der Waals surface area (Å²) < 4.78 is 10.5. The third-order valence-electron chi connectivity index (χ3n) is 3.08. The van der Waals surface area contributed by atoms with Crippen molar-refractivity contribution in [3.05, 3.63) is 51.7 Å². The van der Waals surface area contributed by atoms with E-state index in [4.69, 9.17) is 9.47 Å². The van der Waals surface area contributed by atoms with Gasteiger partial charge in [-0.1, -0.05) is 12.1 Å². The topological polar surface area (TPSA) is 71.3 Å². The molecule has 1 amide bonds. The first-order valence-corrected chi connectivity index (χ1v) is 7.46. The molecule has 0 atom stereocenters. The second-order valence-electron chi connectivity index (χ2n) is 4.54. The van der Waals surface area contributed by atoms with Crippen LogP contribution in [0.25, 0.3) is 6.08 Å². The molecule has 3 rings (SSSR count). The van der Waals surface area contributed by atoms with Gasteiger partial charge in [0.05, 0.1) is 6.54 Å². The molecule has 1 aliphatic heterocycles. The Hall–Kier alpha value is -2.78. The van der Waals surface area contributed by atoms with Crippen molar-refractivity contribution < 1.29 is 14.3 Å². The minimum Gasteiger partial charge on any atom is -0.454 e. The first-order chi connectivity index (χ1) is 10.8. The van der Waals surface area contributed by atoms with Crippen LogP contribution in [0.3, 0.4) is 0 Å². The highest BCUT2D eigenvalue weighted by Crippen LogP contribution is 2.33. The summed E-state index contributed by atoms with van der Waals surface area (Å²) in [6, 6.07) is 11.0. The minimum atomic E-state index is -0.395. The predicted molar refractivity (Wildman–Crippen MR) is 82.3 cm³/mol. The first kappa shape index (κ1) is 14.2. The maximum atomic E-state index is 12.1. The van der Waals surface area contributed by atoms with Crippen LogP contribution in [-0.2, 0) is 11.3 Å². The summed E-state index contributed by atoms with van der Waals surface area (Å²) in [6.45, 7) is 0.603. The predicted octanol–water partition coefficient (Wildman–Crippen LogP) is 2.70. The quantitative estimate of drug-likeness (QED) is 0.696. The van der Waals surface area contributed by atoms with E-state index >= 15 is 0 Å². The van der Waals surface area contributed by atoms with Crippen LogP contribution in [0.5, 0.6) is 11.5 Å². The van der Waals surface area contributed by atoms with Gasteiger partial charge in [-0.25, -0.2) is 0 Å². The number of ether oxygens (including phenoxy) is 2. The zero-order valence-corrected chi connectivity index (χ0v) is 12.4. The van der Waals surface area contributed by atoms with Crippen molar-refractivity contribution in [3.63, 3.8) is 0 Å². The molecule has 0 aliphatic carbocycles. The van der Waals surface area contributed by atoms with Crippen LogP contribution < -0.4 is 14.8 Å². The van der Waals surface area contributed by atoms with Crippen LogP contribution in [0.2, 0.25) is 0 Å². The molecule has 22 heavy (non-hydrogen) atoms. The van der Waals surface area contributed by atoms with Gasteiger partial charge in [0.2, 0.25) is 6.79 Å². The number of fused-ring (bicyclic) bond motifs is 1. The van der Waals surface area contributed by atoms with Crippen molar-refractivity contribution in [1.29, 1.82) is 5.26 Å². The van der Waals surface area contributed by atoms with Crippen molar-refractivity contribution in [2.24, 2.45) is 0 Å². The molecular formula is C16H12N2O3S. The highest BCUT2D eigenvalue weighted by atomic mass is 32.1. The van der Waals surface area contributed by atoms with E-state index in [0.717, 1.165) is 4.88 Å². The second-order valence-corrected chi connectivity index (χ2v) is 5.58. The van der Waals surface area contributed by atoms with Crippen LogP contribution in [-0.4, -0.2) is 12.7 Å². The van der Waals surface area contributed by atoms with Gasteiger partial charge in [-0.2, -0.15) is 5.26 Å². The largest absolute Gasteiger partial charge is 0.454 e. The molecule has 0 unspecified atom stereocenters. The van der Waals surface area contributed by atoms with Gasteiger partial charge in [0.1, 0.15) is 11.6 Å². The van der Waals surface area contributed by atoms with Gasteiger partial charge in [0.15, 0.2) is 11.5 Å². The molecule has 0 radical (unpaired) electrons. The molecule has 0 spiro atoms. The Balaban J connectivity index is 1.72. The van der Waals surface area contributed by atoms with Crippen LogP contribution in [0, 0.1) is 11.3 Å². The maximum Gasteiger partial charge on any atom is 0.262 e. The summed E-state index contributed by atoms with van der Waals surface area (Å²) >= 11 is 1.55. The smallest absolute Gasteiger partial charge is 0.262 e. The first-order valence-electron chi connectivity index (χ1n) is 6.58. The zero-order chi connectivity index (χ0) is 15.4. The number of carbonyl (C=O) groups is 1. The summed E-state index contributed by atoms with van der Waals surface area (Å²) in [5.41, 5.74) is 0.766. The van der Waals surface area contributed by atoms with Crippen LogP contribution in [0.1, 0.15) is 10.4 Å². The maximum absolute atomic E-state index is 12.1. The fourth-order valence-electron chi connectivity index (χ4n) is 1.99. The van der Waals surface area contributed by atoms with Gasteiger partial charge in [-0.3, -0.25) is 4.79 Å². The van der Waals surface area contributed by atoms with E-state index in [1.807, 2.05) is 23.6 Å². The minimum absolute atomic E-state index is 0.0513. The molecule has 1 aliphatic rings. The fraction of sp³-hybridized carbons (Fsp3) is 0.125. The van der Waals surface area contributed by atoms with Gasteiger partial charge in [0, 0.05) is 4.88 Å². The van der Waals surface area contributed by atoms with Gasteiger partial charge < -0.3 is 14.8 Å². The molecule has 1 N–H and O–H groups in total. The van der Waals surface area contributed by atoms with Crippen LogP contribution >= 0.6 is 11.3 Å². The highest BCUT2D eigenvalue weighted by Gasteiger charge is 2.14. The van der Waals surface area contributed by atoms with Crippen molar-refractivity contribution >= 4 is 23.3 Å². The average Bonchev–Trinajstić information content (AvgIpc) is 3.20. The Morgan fingerprint density at radius 3 is 3.00 bits per heavy atom. The van der Waals surface area contributed by atoms with Crippen LogP contribution in [0.4, 0.5) is 0 Å². The van der Waals surface area contributed by atoms with Crippen molar-refractivity contribution in [1.82, 2.24) is 5.32 Å². The lowest BCUT2D eigenvalue weighted by atomic mass is 10.1. The molecule has 0 saturated heterocycles. The standard InChI is InChI=1S/C16H12N2O3S/c17-8-12(16(19)18-9-13-2-1-5-22-13)6-11-3-4-14-15(7-11)21-10-20-14/h1-7H,9-10H2,(H,18,19). The summed E-state index contributed by atoms with van der Waals surface area (Å²) in [5, 5.41) is 13.8. The number of hydrogen-bond donors (Lipinski definition) is 1. The van der Waals surface area contributed by atoms with Gasteiger partial charge in [-0.15, -0.1) is 11.3 Å². The summed E-state index contributed by atoms with van der Waals surface area (Å²) in [5.74, 6) is 0.886. The van der Waals surface area contributed by atoms with Gasteiger partial charge >= 0.3 is 0 Å². The van der Waals surface area contributed by atoms with Crippen molar-refractivity contribution in [2.75, 3.05) is 6.79 Å². The lowest BCUT2D eigenvalue weighted by Crippen LogP contribution is -2.23. The number of hydrogen-bond acceptors (Lipinski definition) is 5. The number of nitriles is 1. The number of nitrogens with one attached hydrogen (secondary N) is 1. The van der Waals surface area contributed by atoms with Gasteiger partial charge in [0.25, 0.3) is 5.91 Å². The summed E-state index contributed by atoms with van der Waals surface area (Å²) in [7, 11) is 0. The summed E-state index contributed by atoms with van der Waals surface area (Å²) in [6.07, 6.45) is 1.53. The number of rotatable bonds is 4. The molecule has 110 valence electrons. The molecule has 2 heterocycles. The molecule has 0 bridgehead atoms. The molecular weight excluding hydrogens is 300 g/mol. The molecule has 1 aromatic carbocycles. The lowest BCUT2D eigenvalue weighted by molar-refractivity contribution is -0.117. The Kier molecular flexibility index (Phi) is 4.08. The van der Waals surface area contributed by atoms with Gasteiger partial charge in [-0.05, 0) is 35.2 Å². The van der Waals surface area contributed by atoms with Crippen LogP contribution in [0.15, 0.2) is 41.3 Å². The second kappa shape index (κ2) is 6.33. The number of carbonyl (C=O) groups excluding carboxylic acids is 1. The average molecular weight is 312 g/mol. The SMILES string of the molecule is N#CC(=Cc1ccc2c(c1)OCO2)C(=O)NCc1cccs1. The number of thiophene rings is 1. The van der Waals surface area contributed by atoms with E-state index in [0.29, 0.717) is 23.6 Å². The van der Waals surface area contributed by atoms with Crippen molar-refractivity contribution in [3.8, 4) is 17.6 Å². The number of amides is 1. The normalized spacial score (nSPS) is 12.8. The third kappa shape index (κ3) is 3.10. The van der Waals surface area contributed by atoms with E-state index in [9.17, 15) is 10.1 Å². The number of nitrogens with zero attached hydrogens (tertiary/aromatic N) is 1. The van der Waals surface area contributed by atoms with E-state index < -0.39 is 5.91 Å². The van der Waals surface area contributed by atoms with E-state index in [1.54, 1.807) is 29.5 Å². The van der Waals surface area contributed by atoms with E-state index in [-0.39, 0.29) is 12.4 Å². The summed E-state index contributed by atoms with van der Waals surface area (Å²) in [4.78, 5) is 13.1. The Bertz CT molecular complexity index is 760. The third-order valence-corrected chi connectivity index (χ3v) is 3.95. The Morgan fingerprint density at radius 1 is 1.36 bits per heavy atom. The molecule has 2 aromatic rings. The highest BCUT2D eigenvalue weighted by molar-refractivity contribution is 7.09. The zero-order valence-electron chi connectivity index (χ0n) is 11.5. The fourth-order valence-corrected chi connectivity index (χ4v) is 2.64. The molecule has 6 heteroatoms. The van der Waals surface area contributed by atoms with Crippen molar-refractivity contribution in [2.45, 2.75) is 6.54 Å². The molecule has 0 fully saturated rings. The molecule has 5 nitrogen and oxygen atoms in total. The number of benzene rings is 1. The molecule has 0 saturated carbocycles. The van der Waals surface area contributed by atoms with E-state index in [1.165, 1.54) is 6.08 Å². The Labute approximate surface area is 131 Å². The lowest BCUT2D eigenvalue weighted by Gasteiger charge is -2.03. The monoisotopic (exact) mass is 312 g/mol. The molecule has 1 aromatic heterocycles. The Morgan fingerprint density at radius 2 is 2.23 bits per heavy atom.